The molecule has 2 heterocycles. The van der Waals surface area contributed by atoms with E-state index in [1.165, 1.54) is 0 Å². The number of hydrogen-bond acceptors (Lipinski definition) is 6. The molecule has 2 N–H and O–H groups in total. The lowest BCUT2D eigenvalue weighted by Crippen LogP contribution is -2.58. The molecule has 0 atom stereocenters. The number of nitrogens with one attached hydrogen (secondary N) is 2. The molecule has 9 heteroatoms. The Balaban J connectivity index is 1.77. The van der Waals surface area contributed by atoms with Crippen molar-refractivity contribution in [2.45, 2.75) is 51.2 Å². The molecule has 1 aromatic rings. The van der Waals surface area contributed by atoms with E-state index in [1.807, 2.05) is 19.9 Å². The molecule has 0 spiro atoms. The highest BCUT2D eigenvalue weighted by Gasteiger charge is 2.37. The fourth-order valence-electron chi connectivity index (χ4n) is 3.59. The van der Waals surface area contributed by atoms with Crippen molar-refractivity contribution in [3.63, 3.8) is 0 Å². The summed E-state index contributed by atoms with van der Waals surface area (Å²) >= 11 is 0. The Hall–Kier alpha value is -2.42. The van der Waals surface area contributed by atoms with Crippen LogP contribution in [0.5, 0.6) is 5.88 Å². The van der Waals surface area contributed by atoms with Crippen LogP contribution >= 0.6 is 0 Å². The Bertz CT molecular complexity index is 777. The standard InChI is InChI=1S/C22H33FN4O4/c1-4-22(5-2,21(29)24-11-10-23)26-19(28)17-8-9-18(27-12-16(13-27)30-3)20(25-17)31-14-15-6-7-15/h8-9,15-16H,4-7,10-14H2,1-3H3,(H,24,29)(H,26,28). The summed E-state index contributed by atoms with van der Waals surface area (Å²) in [6.45, 7) is 4.95. The zero-order chi connectivity index (χ0) is 22.4. The number of ether oxygens (including phenoxy) is 2. The topological polar surface area (TPSA) is 92.8 Å². The van der Waals surface area contributed by atoms with Gasteiger partial charge in [0.05, 0.1) is 12.7 Å². The quantitative estimate of drug-likeness (QED) is 0.521. The van der Waals surface area contributed by atoms with Crippen molar-refractivity contribution in [3.8, 4) is 5.88 Å². The molecule has 2 fully saturated rings. The predicted molar refractivity (Wildman–Crippen MR) is 115 cm³/mol. The van der Waals surface area contributed by atoms with Crippen LogP contribution in [0.1, 0.15) is 50.0 Å². The number of hydrogen-bond donors (Lipinski definition) is 2. The summed E-state index contributed by atoms with van der Waals surface area (Å²) in [5, 5.41) is 5.37. The van der Waals surface area contributed by atoms with Crippen LogP contribution in [0.4, 0.5) is 10.1 Å². The molecule has 0 radical (unpaired) electrons. The van der Waals surface area contributed by atoms with Gasteiger partial charge in [0.2, 0.25) is 11.8 Å². The van der Waals surface area contributed by atoms with E-state index in [9.17, 15) is 14.0 Å². The van der Waals surface area contributed by atoms with E-state index in [2.05, 4.69) is 20.5 Å². The number of methoxy groups -OCH3 is 1. The number of halogens is 1. The van der Waals surface area contributed by atoms with E-state index in [-0.39, 0.29) is 18.3 Å². The SMILES string of the molecule is CCC(CC)(NC(=O)c1ccc(N2CC(OC)C2)c(OCC2CC2)n1)C(=O)NCCF. The van der Waals surface area contributed by atoms with Gasteiger partial charge < -0.3 is 25.0 Å². The number of alkyl halides is 1. The largest absolute Gasteiger partial charge is 0.476 e. The van der Waals surface area contributed by atoms with E-state index in [1.54, 1.807) is 13.2 Å². The number of rotatable bonds is 12. The summed E-state index contributed by atoms with van der Waals surface area (Å²) < 4.78 is 23.8. The molecule has 8 nitrogen and oxygen atoms in total. The zero-order valence-electron chi connectivity index (χ0n) is 18.6. The minimum absolute atomic E-state index is 0.0825. The van der Waals surface area contributed by atoms with Crippen molar-refractivity contribution >= 4 is 17.5 Å². The first-order chi connectivity index (χ1) is 15.0. The Morgan fingerprint density at radius 2 is 1.97 bits per heavy atom. The average molecular weight is 437 g/mol. The molecule has 1 aliphatic heterocycles. The number of aromatic nitrogens is 1. The first kappa shape index (κ1) is 23.2. The normalized spacial score (nSPS) is 16.6. The Morgan fingerprint density at radius 3 is 2.55 bits per heavy atom. The first-order valence-electron chi connectivity index (χ1n) is 11.0. The van der Waals surface area contributed by atoms with Crippen LogP contribution < -0.4 is 20.3 Å². The van der Waals surface area contributed by atoms with Gasteiger partial charge in [0, 0.05) is 26.7 Å². The van der Waals surface area contributed by atoms with E-state index >= 15 is 0 Å². The summed E-state index contributed by atoms with van der Waals surface area (Å²) in [6, 6.07) is 3.48. The molecular weight excluding hydrogens is 403 g/mol. The summed E-state index contributed by atoms with van der Waals surface area (Å²) in [5.74, 6) is 0.119. The molecule has 172 valence electrons. The Labute approximate surface area is 182 Å². The number of anilines is 1. The van der Waals surface area contributed by atoms with Gasteiger partial charge in [0.15, 0.2) is 0 Å². The van der Waals surface area contributed by atoms with Crippen LogP contribution in [0, 0.1) is 5.92 Å². The third kappa shape index (κ3) is 5.44. The second-order valence-corrected chi connectivity index (χ2v) is 8.23. The van der Waals surface area contributed by atoms with Crippen LogP contribution in [-0.2, 0) is 9.53 Å². The van der Waals surface area contributed by atoms with Crippen LogP contribution in [0.25, 0.3) is 0 Å². The second-order valence-electron chi connectivity index (χ2n) is 8.23. The maximum absolute atomic E-state index is 13.0. The van der Waals surface area contributed by atoms with Crippen molar-refractivity contribution in [1.82, 2.24) is 15.6 Å². The van der Waals surface area contributed by atoms with Crippen LogP contribution in [-0.4, -0.2) is 68.5 Å². The van der Waals surface area contributed by atoms with Crippen molar-refractivity contribution in [2.75, 3.05) is 44.9 Å². The van der Waals surface area contributed by atoms with Crippen LogP contribution in [0.3, 0.4) is 0 Å². The Morgan fingerprint density at radius 1 is 1.26 bits per heavy atom. The molecule has 1 aromatic heterocycles. The highest BCUT2D eigenvalue weighted by molar-refractivity contribution is 5.98. The predicted octanol–water partition coefficient (Wildman–Crippen LogP) is 2.08. The molecule has 1 saturated carbocycles. The van der Waals surface area contributed by atoms with E-state index in [0.29, 0.717) is 31.2 Å². The summed E-state index contributed by atoms with van der Waals surface area (Å²) in [4.78, 5) is 32.2. The van der Waals surface area contributed by atoms with Gasteiger partial charge in [0.25, 0.3) is 5.91 Å². The number of amides is 2. The molecule has 1 saturated heterocycles. The second kappa shape index (κ2) is 10.3. The number of carbonyl (C=O) groups is 2. The number of carbonyl (C=O) groups excluding carboxylic acids is 2. The van der Waals surface area contributed by atoms with E-state index in [4.69, 9.17) is 9.47 Å². The molecule has 0 bridgehead atoms. The molecule has 31 heavy (non-hydrogen) atoms. The monoisotopic (exact) mass is 436 g/mol. The molecular formula is C22H33FN4O4. The van der Waals surface area contributed by atoms with Gasteiger partial charge in [-0.3, -0.25) is 9.59 Å². The van der Waals surface area contributed by atoms with Crippen LogP contribution in [0.15, 0.2) is 12.1 Å². The smallest absolute Gasteiger partial charge is 0.270 e. The number of nitrogens with zero attached hydrogens (tertiary/aromatic N) is 2. The van der Waals surface area contributed by atoms with E-state index < -0.39 is 24.0 Å². The molecule has 3 rings (SSSR count). The number of pyridine rings is 1. The third-order valence-electron chi connectivity index (χ3n) is 6.12. The Kier molecular flexibility index (Phi) is 7.69. The first-order valence-corrected chi connectivity index (χ1v) is 11.0. The fraction of sp³-hybridized carbons (Fsp3) is 0.682. The lowest BCUT2D eigenvalue weighted by Gasteiger charge is -2.40. The van der Waals surface area contributed by atoms with Gasteiger partial charge in [-0.05, 0) is 43.7 Å². The van der Waals surface area contributed by atoms with Gasteiger partial charge in [-0.1, -0.05) is 13.8 Å². The summed E-state index contributed by atoms with van der Waals surface area (Å²) in [6.07, 6.45) is 3.23. The van der Waals surface area contributed by atoms with Crippen molar-refractivity contribution < 1.29 is 23.5 Å². The van der Waals surface area contributed by atoms with Gasteiger partial charge in [-0.15, -0.1) is 0 Å². The minimum atomic E-state index is -1.12. The van der Waals surface area contributed by atoms with Gasteiger partial charge in [0.1, 0.15) is 23.6 Å². The molecule has 0 unspecified atom stereocenters. The molecule has 0 aromatic carbocycles. The lowest BCUT2D eigenvalue weighted by atomic mass is 9.91. The van der Waals surface area contributed by atoms with Gasteiger partial charge in [-0.2, -0.15) is 0 Å². The molecule has 1 aliphatic carbocycles. The van der Waals surface area contributed by atoms with Crippen molar-refractivity contribution in [2.24, 2.45) is 5.92 Å². The fourth-order valence-corrected chi connectivity index (χ4v) is 3.59. The summed E-state index contributed by atoms with van der Waals surface area (Å²) in [7, 11) is 1.69. The van der Waals surface area contributed by atoms with Gasteiger partial charge in [-0.25, -0.2) is 9.37 Å². The zero-order valence-corrected chi connectivity index (χ0v) is 18.6. The van der Waals surface area contributed by atoms with Crippen molar-refractivity contribution in [1.29, 1.82) is 0 Å². The average Bonchev–Trinajstić information content (AvgIpc) is 3.58. The summed E-state index contributed by atoms with van der Waals surface area (Å²) in [5.41, 5.74) is -0.100. The third-order valence-corrected chi connectivity index (χ3v) is 6.12. The van der Waals surface area contributed by atoms with E-state index in [0.717, 1.165) is 31.6 Å². The maximum atomic E-state index is 13.0. The minimum Gasteiger partial charge on any atom is -0.476 e. The molecule has 2 amide bonds. The van der Waals surface area contributed by atoms with Gasteiger partial charge >= 0.3 is 0 Å². The maximum Gasteiger partial charge on any atom is 0.270 e. The van der Waals surface area contributed by atoms with Crippen LogP contribution in [0.2, 0.25) is 0 Å². The lowest BCUT2D eigenvalue weighted by molar-refractivity contribution is -0.127. The molecule has 2 aliphatic rings. The van der Waals surface area contributed by atoms with Crippen molar-refractivity contribution in [3.05, 3.63) is 17.8 Å². The highest BCUT2D eigenvalue weighted by Crippen LogP contribution is 2.34. The highest BCUT2D eigenvalue weighted by atomic mass is 19.1.